The van der Waals surface area contributed by atoms with Gasteiger partial charge in [0, 0.05) is 10.9 Å². The maximum Gasteiger partial charge on any atom is 0.195 e. The molecule has 0 aliphatic heterocycles. The molecule has 2 rings (SSSR count). The molecule has 0 fully saturated rings. The second-order valence-corrected chi connectivity index (χ2v) is 3.08. The van der Waals surface area contributed by atoms with Gasteiger partial charge in [-0.3, -0.25) is 4.79 Å². The van der Waals surface area contributed by atoms with Crippen LogP contribution in [0.25, 0.3) is 10.8 Å². The molecule has 4 heteroatoms. The zero-order chi connectivity index (χ0) is 11.0. The van der Waals surface area contributed by atoms with E-state index < -0.39 is 17.5 Å². The standard InChI is InChI=1S/C11H5F3O/c12-9-4-7-2-1-6(5-15)3-8(7)10(13)11(9)14/h1-5H. The molecule has 0 spiro atoms. The fraction of sp³-hybridized carbons (Fsp3) is 0. The second-order valence-electron chi connectivity index (χ2n) is 3.08. The topological polar surface area (TPSA) is 17.1 Å². The third-order valence-electron chi connectivity index (χ3n) is 2.13. The van der Waals surface area contributed by atoms with E-state index in [2.05, 4.69) is 0 Å². The van der Waals surface area contributed by atoms with Gasteiger partial charge in [0.2, 0.25) is 0 Å². The summed E-state index contributed by atoms with van der Waals surface area (Å²) in [6, 6.07) is 4.85. The highest BCUT2D eigenvalue weighted by atomic mass is 19.2. The Hall–Kier alpha value is -1.84. The van der Waals surface area contributed by atoms with Crippen LogP contribution in [0.5, 0.6) is 0 Å². The van der Waals surface area contributed by atoms with Gasteiger partial charge in [0.15, 0.2) is 17.5 Å². The van der Waals surface area contributed by atoms with Crippen molar-refractivity contribution in [2.45, 2.75) is 0 Å². The minimum atomic E-state index is -1.52. The molecule has 0 radical (unpaired) electrons. The molecule has 0 atom stereocenters. The Morgan fingerprint density at radius 2 is 1.73 bits per heavy atom. The Morgan fingerprint density at radius 3 is 2.40 bits per heavy atom. The second kappa shape index (κ2) is 3.38. The van der Waals surface area contributed by atoms with E-state index in [9.17, 15) is 18.0 Å². The minimum Gasteiger partial charge on any atom is -0.298 e. The zero-order valence-corrected chi connectivity index (χ0v) is 7.43. The molecule has 0 unspecified atom stereocenters. The highest BCUT2D eigenvalue weighted by Gasteiger charge is 2.13. The number of halogens is 3. The molecule has 0 saturated carbocycles. The summed E-state index contributed by atoms with van der Waals surface area (Å²) in [5, 5.41) is 0.121. The number of fused-ring (bicyclic) bond motifs is 1. The number of carbonyl (C=O) groups is 1. The molecule has 0 N–H and O–H groups in total. The number of aldehydes is 1. The number of rotatable bonds is 1. The summed E-state index contributed by atoms with van der Waals surface area (Å²) in [5.74, 6) is -4.03. The van der Waals surface area contributed by atoms with E-state index in [0.717, 1.165) is 6.07 Å². The van der Waals surface area contributed by atoms with E-state index in [0.29, 0.717) is 6.29 Å². The van der Waals surface area contributed by atoms with Crippen LogP contribution in [0.4, 0.5) is 13.2 Å². The lowest BCUT2D eigenvalue weighted by Crippen LogP contribution is -1.93. The van der Waals surface area contributed by atoms with Crippen molar-refractivity contribution in [3.63, 3.8) is 0 Å². The van der Waals surface area contributed by atoms with E-state index in [1.54, 1.807) is 0 Å². The van der Waals surface area contributed by atoms with Gasteiger partial charge in [0.25, 0.3) is 0 Å². The van der Waals surface area contributed by atoms with Crippen molar-refractivity contribution in [1.29, 1.82) is 0 Å². The highest BCUT2D eigenvalue weighted by Crippen LogP contribution is 2.23. The maximum absolute atomic E-state index is 13.2. The van der Waals surface area contributed by atoms with Crippen LogP contribution in [0.2, 0.25) is 0 Å². The molecule has 0 heterocycles. The smallest absolute Gasteiger partial charge is 0.195 e. The van der Waals surface area contributed by atoms with E-state index in [4.69, 9.17) is 0 Å². The van der Waals surface area contributed by atoms with E-state index in [1.165, 1.54) is 18.2 Å². The van der Waals surface area contributed by atoms with Crippen LogP contribution in [0.15, 0.2) is 24.3 Å². The normalized spacial score (nSPS) is 10.6. The van der Waals surface area contributed by atoms with E-state index >= 15 is 0 Å². The van der Waals surface area contributed by atoms with Gasteiger partial charge >= 0.3 is 0 Å². The Kier molecular flexibility index (Phi) is 2.19. The predicted octanol–water partition coefficient (Wildman–Crippen LogP) is 3.07. The highest BCUT2D eigenvalue weighted by molar-refractivity contribution is 5.89. The van der Waals surface area contributed by atoms with E-state index in [1.807, 2.05) is 0 Å². The third-order valence-corrected chi connectivity index (χ3v) is 2.13. The van der Waals surface area contributed by atoms with Gasteiger partial charge in [0.1, 0.15) is 6.29 Å². The lowest BCUT2D eigenvalue weighted by molar-refractivity contribution is 0.112. The monoisotopic (exact) mass is 210 g/mol. The molecule has 76 valence electrons. The maximum atomic E-state index is 13.2. The van der Waals surface area contributed by atoms with Crippen molar-refractivity contribution >= 4 is 17.1 Å². The fourth-order valence-corrected chi connectivity index (χ4v) is 1.39. The molecular formula is C11H5F3O. The summed E-state index contributed by atoms with van der Waals surface area (Å²) >= 11 is 0. The van der Waals surface area contributed by atoms with Crippen molar-refractivity contribution in [3.05, 3.63) is 47.3 Å². The Labute approximate surface area is 83.1 Å². The quantitative estimate of drug-likeness (QED) is 0.522. The number of benzene rings is 2. The van der Waals surface area contributed by atoms with Gasteiger partial charge in [-0.25, -0.2) is 13.2 Å². The van der Waals surface area contributed by atoms with Gasteiger partial charge in [0.05, 0.1) is 0 Å². The molecule has 0 amide bonds. The van der Waals surface area contributed by atoms with Crippen LogP contribution in [0, 0.1) is 17.5 Å². The van der Waals surface area contributed by atoms with Crippen molar-refractivity contribution in [3.8, 4) is 0 Å². The molecule has 0 bridgehead atoms. The van der Waals surface area contributed by atoms with Gasteiger partial charge in [-0.05, 0) is 17.5 Å². The van der Waals surface area contributed by atoms with Gasteiger partial charge < -0.3 is 0 Å². The lowest BCUT2D eigenvalue weighted by Gasteiger charge is -2.02. The zero-order valence-electron chi connectivity index (χ0n) is 7.43. The van der Waals surface area contributed by atoms with Crippen LogP contribution in [0.1, 0.15) is 10.4 Å². The molecule has 0 aromatic heterocycles. The third kappa shape index (κ3) is 1.48. The summed E-state index contributed by atoms with van der Waals surface area (Å²) in [6.07, 6.45) is 0.514. The first kappa shape index (κ1) is 9.71. The van der Waals surface area contributed by atoms with Crippen LogP contribution in [-0.4, -0.2) is 6.29 Å². The van der Waals surface area contributed by atoms with Crippen molar-refractivity contribution in [2.24, 2.45) is 0 Å². The Morgan fingerprint density at radius 1 is 1.00 bits per heavy atom. The minimum absolute atomic E-state index is 0.0986. The SMILES string of the molecule is O=Cc1ccc2cc(F)c(F)c(F)c2c1. The van der Waals surface area contributed by atoms with Crippen molar-refractivity contribution < 1.29 is 18.0 Å². The predicted molar refractivity (Wildman–Crippen MR) is 49.2 cm³/mol. The number of hydrogen-bond acceptors (Lipinski definition) is 1. The van der Waals surface area contributed by atoms with Crippen LogP contribution >= 0.6 is 0 Å². The molecule has 1 nitrogen and oxygen atoms in total. The largest absolute Gasteiger partial charge is 0.298 e. The van der Waals surface area contributed by atoms with E-state index in [-0.39, 0.29) is 16.3 Å². The molecule has 15 heavy (non-hydrogen) atoms. The first-order chi connectivity index (χ1) is 7.13. The van der Waals surface area contributed by atoms with Gasteiger partial charge in [-0.15, -0.1) is 0 Å². The summed E-state index contributed by atoms with van der Waals surface area (Å²) in [4.78, 5) is 10.4. The van der Waals surface area contributed by atoms with Crippen LogP contribution in [0.3, 0.4) is 0 Å². The number of hydrogen-bond donors (Lipinski definition) is 0. The van der Waals surface area contributed by atoms with Crippen LogP contribution in [-0.2, 0) is 0 Å². The Bertz CT molecular complexity index is 549. The first-order valence-electron chi connectivity index (χ1n) is 4.16. The molecule has 0 aliphatic carbocycles. The van der Waals surface area contributed by atoms with Gasteiger partial charge in [-0.1, -0.05) is 12.1 Å². The molecule has 0 aliphatic rings. The molecule has 2 aromatic carbocycles. The van der Waals surface area contributed by atoms with Crippen molar-refractivity contribution in [1.82, 2.24) is 0 Å². The first-order valence-corrected chi connectivity index (χ1v) is 4.16. The average molecular weight is 210 g/mol. The summed E-state index contributed by atoms with van der Waals surface area (Å²) in [6.45, 7) is 0. The lowest BCUT2D eigenvalue weighted by atomic mass is 10.1. The van der Waals surface area contributed by atoms with Crippen LogP contribution < -0.4 is 0 Å². The van der Waals surface area contributed by atoms with Gasteiger partial charge in [-0.2, -0.15) is 0 Å². The molecule has 0 saturated heterocycles. The summed E-state index contributed by atoms with van der Waals surface area (Å²) in [7, 11) is 0. The molecule has 2 aromatic rings. The fourth-order valence-electron chi connectivity index (χ4n) is 1.39. The average Bonchev–Trinajstić information content (AvgIpc) is 2.26. The van der Waals surface area contributed by atoms with Crippen molar-refractivity contribution in [2.75, 3.05) is 0 Å². The summed E-state index contributed by atoms with van der Waals surface area (Å²) < 4.78 is 38.9. The summed E-state index contributed by atoms with van der Waals surface area (Å²) in [5.41, 5.74) is 0.215. The number of carbonyl (C=O) groups excluding carboxylic acids is 1. The molecular weight excluding hydrogens is 205 g/mol. The Balaban J connectivity index is 2.87.